The normalized spacial score (nSPS) is 11.1. The number of carbonyl (C=O) groups excluding carboxylic acids is 1. The Morgan fingerprint density at radius 1 is 1.30 bits per heavy atom. The molecule has 3 N–H and O–H groups in total. The van der Waals surface area contributed by atoms with Crippen molar-refractivity contribution in [2.45, 2.75) is 26.8 Å². The fraction of sp³-hybridized carbons (Fsp3) is 0.562. The summed E-state index contributed by atoms with van der Waals surface area (Å²) >= 11 is 0. The molecule has 0 aliphatic heterocycles. The summed E-state index contributed by atoms with van der Waals surface area (Å²) in [7, 11) is 0. The zero-order chi connectivity index (χ0) is 14.8. The van der Waals surface area contributed by atoms with E-state index < -0.39 is 0 Å². The van der Waals surface area contributed by atoms with Gasteiger partial charge in [-0.2, -0.15) is 0 Å². The number of hydrogen-bond acceptors (Lipinski definition) is 3. The quantitative estimate of drug-likeness (QED) is 0.721. The van der Waals surface area contributed by atoms with Gasteiger partial charge in [-0.05, 0) is 17.9 Å². The minimum Gasteiger partial charge on any atom is -0.355 e. The third-order valence-corrected chi connectivity index (χ3v) is 3.11. The summed E-state index contributed by atoms with van der Waals surface area (Å²) in [6, 6.07) is 10.2. The Morgan fingerprint density at radius 3 is 2.60 bits per heavy atom. The van der Waals surface area contributed by atoms with Gasteiger partial charge in [0.25, 0.3) is 0 Å². The van der Waals surface area contributed by atoms with Gasteiger partial charge < -0.3 is 11.1 Å². The third-order valence-electron chi connectivity index (χ3n) is 3.11. The first-order valence-corrected chi connectivity index (χ1v) is 7.35. The van der Waals surface area contributed by atoms with Crippen molar-refractivity contribution in [3.8, 4) is 0 Å². The molecule has 20 heavy (non-hydrogen) atoms. The Balaban J connectivity index is 2.40. The topological polar surface area (TPSA) is 58.4 Å². The van der Waals surface area contributed by atoms with Crippen LogP contribution in [0.5, 0.6) is 0 Å². The highest BCUT2D eigenvalue weighted by molar-refractivity contribution is 5.77. The Hall–Kier alpha value is -1.39. The standard InChI is InChI=1S/C16H27N3O/c1-14(2)8-10-18-16(20)13-19(11-9-17)12-15-6-4-3-5-7-15/h3-7,14H,8-13,17H2,1-2H3,(H,18,20). The first kappa shape index (κ1) is 16.7. The van der Waals surface area contributed by atoms with Crippen LogP contribution in [-0.2, 0) is 11.3 Å². The summed E-state index contributed by atoms with van der Waals surface area (Å²) in [6.45, 7) is 7.52. The van der Waals surface area contributed by atoms with Crippen molar-refractivity contribution < 1.29 is 4.79 Å². The molecule has 0 atom stereocenters. The van der Waals surface area contributed by atoms with Gasteiger partial charge in [-0.15, -0.1) is 0 Å². The Bertz CT molecular complexity index is 379. The second-order valence-electron chi connectivity index (χ2n) is 5.52. The van der Waals surface area contributed by atoms with E-state index in [-0.39, 0.29) is 5.91 Å². The lowest BCUT2D eigenvalue weighted by Gasteiger charge is -2.21. The predicted molar refractivity (Wildman–Crippen MR) is 83.2 cm³/mol. The minimum absolute atomic E-state index is 0.0787. The van der Waals surface area contributed by atoms with Crippen molar-refractivity contribution in [2.24, 2.45) is 11.7 Å². The van der Waals surface area contributed by atoms with Crippen molar-refractivity contribution in [1.82, 2.24) is 10.2 Å². The van der Waals surface area contributed by atoms with Crippen molar-refractivity contribution in [1.29, 1.82) is 0 Å². The van der Waals surface area contributed by atoms with Crippen LogP contribution in [0, 0.1) is 5.92 Å². The number of nitrogens with zero attached hydrogens (tertiary/aromatic N) is 1. The van der Waals surface area contributed by atoms with Gasteiger partial charge in [0, 0.05) is 26.2 Å². The maximum atomic E-state index is 11.9. The summed E-state index contributed by atoms with van der Waals surface area (Å²) in [5, 5.41) is 2.97. The molecule has 0 radical (unpaired) electrons. The highest BCUT2D eigenvalue weighted by Crippen LogP contribution is 2.03. The van der Waals surface area contributed by atoms with Gasteiger partial charge in [-0.3, -0.25) is 9.69 Å². The molecule has 112 valence electrons. The zero-order valence-corrected chi connectivity index (χ0v) is 12.6. The lowest BCUT2D eigenvalue weighted by Crippen LogP contribution is -2.39. The summed E-state index contributed by atoms with van der Waals surface area (Å²) < 4.78 is 0. The van der Waals surface area contributed by atoms with Crippen LogP contribution >= 0.6 is 0 Å². The molecule has 1 rings (SSSR count). The molecule has 0 bridgehead atoms. The highest BCUT2D eigenvalue weighted by Gasteiger charge is 2.10. The molecule has 1 aromatic carbocycles. The number of nitrogens with two attached hydrogens (primary N) is 1. The molecule has 0 spiro atoms. The maximum absolute atomic E-state index is 11.9. The van der Waals surface area contributed by atoms with E-state index in [9.17, 15) is 4.79 Å². The van der Waals surface area contributed by atoms with Gasteiger partial charge in [0.2, 0.25) is 5.91 Å². The molecular formula is C16H27N3O. The SMILES string of the molecule is CC(C)CCNC(=O)CN(CCN)Cc1ccccc1. The molecule has 0 heterocycles. The molecule has 0 aliphatic rings. The Labute approximate surface area is 122 Å². The van der Waals surface area contributed by atoms with Crippen molar-refractivity contribution in [2.75, 3.05) is 26.2 Å². The lowest BCUT2D eigenvalue weighted by atomic mass is 10.1. The number of amides is 1. The number of rotatable bonds is 9. The summed E-state index contributed by atoms with van der Waals surface area (Å²) in [5.74, 6) is 0.690. The fourth-order valence-corrected chi connectivity index (χ4v) is 2.00. The molecule has 1 aromatic rings. The molecule has 1 amide bonds. The molecule has 0 aliphatic carbocycles. The molecule has 0 saturated heterocycles. The van der Waals surface area contributed by atoms with Gasteiger partial charge in [0.1, 0.15) is 0 Å². The van der Waals surface area contributed by atoms with E-state index in [1.54, 1.807) is 0 Å². The highest BCUT2D eigenvalue weighted by atomic mass is 16.2. The van der Waals surface area contributed by atoms with Crippen LogP contribution in [-0.4, -0.2) is 37.0 Å². The van der Waals surface area contributed by atoms with Crippen LogP contribution in [0.1, 0.15) is 25.8 Å². The van der Waals surface area contributed by atoms with Crippen molar-refractivity contribution >= 4 is 5.91 Å². The molecular weight excluding hydrogens is 250 g/mol. The third kappa shape index (κ3) is 7.26. The zero-order valence-electron chi connectivity index (χ0n) is 12.6. The van der Waals surface area contributed by atoms with Gasteiger partial charge in [0.05, 0.1) is 6.54 Å². The van der Waals surface area contributed by atoms with Crippen LogP contribution in [0.15, 0.2) is 30.3 Å². The number of nitrogens with one attached hydrogen (secondary N) is 1. The second-order valence-corrected chi connectivity index (χ2v) is 5.52. The molecule has 0 saturated carbocycles. The molecule has 0 aromatic heterocycles. The average molecular weight is 277 g/mol. The first-order valence-electron chi connectivity index (χ1n) is 7.35. The van der Waals surface area contributed by atoms with E-state index in [4.69, 9.17) is 5.73 Å². The maximum Gasteiger partial charge on any atom is 0.234 e. The summed E-state index contributed by atoms with van der Waals surface area (Å²) in [4.78, 5) is 14.0. The number of carbonyl (C=O) groups is 1. The number of hydrogen-bond donors (Lipinski definition) is 2. The smallest absolute Gasteiger partial charge is 0.234 e. The van der Waals surface area contributed by atoms with Crippen LogP contribution in [0.25, 0.3) is 0 Å². The van der Waals surface area contributed by atoms with E-state index in [0.29, 0.717) is 19.0 Å². The Kier molecular flexibility index (Phi) is 7.92. The van der Waals surface area contributed by atoms with Crippen LogP contribution in [0.4, 0.5) is 0 Å². The van der Waals surface area contributed by atoms with Crippen molar-refractivity contribution in [3.63, 3.8) is 0 Å². The van der Waals surface area contributed by atoms with Gasteiger partial charge in [-0.1, -0.05) is 44.2 Å². The lowest BCUT2D eigenvalue weighted by molar-refractivity contribution is -0.122. The first-order chi connectivity index (χ1) is 9.61. The van der Waals surface area contributed by atoms with Crippen molar-refractivity contribution in [3.05, 3.63) is 35.9 Å². The predicted octanol–water partition coefficient (Wildman–Crippen LogP) is 1.61. The fourth-order valence-electron chi connectivity index (χ4n) is 2.00. The monoisotopic (exact) mass is 277 g/mol. The van der Waals surface area contributed by atoms with E-state index in [0.717, 1.165) is 26.1 Å². The van der Waals surface area contributed by atoms with Gasteiger partial charge in [-0.25, -0.2) is 0 Å². The summed E-state index contributed by atoms with van der Waals surface area (Å²) in [6.07, 6.45) is 1.02. The average Bonchev–Trinajstić information content (AvgIpc) is 2.39. The van der Waals surface area contributed by atoms with E-state index >= 15 is 0 Å². The molecule has 0 unspecified atom stereocenters. The van der Waals surface area contributed by atoms with Gasteiger partial charge >= 0.3 is 0 Å². The molecule has 4 heteroatoms. The Morgan fingerprint density at radius 2 is 2.00 bits per heavy atom. The van der Waals surface area contributed by atoms with E-state index in [1.807, 2.05) is 18.2 Å². The van der Waals surface area contributed by atoms with Crippen LogP contribution < -0.4 is 11.1 Å². The van der Waals surface area contributed by atoms with Crippen LogP contribution in [0.3, 0.4) is 0 Å². The van der Waals surface area contributed by atoms with Crippen LogP contribution in [0.2, 0.25) is 0 Å². The number of benzene rings is 1. The largest absolute Gasteiger partial charge is 0.355 e. The second kappa shape index (κ2) is 9.50. The molecule has 4 nitrogen and oxygen atoms in total. The summed E-state index contributed by atoms with van der Waals surface area (Å²) in [5.41, 5.74) is 6.83. The van der Waals surface area contributed by atoms with E-state index in [2.05, 4.69) is 36.2 Å². The van der Waals surface area contributed by atoms with E-state index in [1.165, 1.54) is 5.56 Å². The minimum atomic E-state index is 0.0787. The van der Waals surface area contributed by atoms with Gasteiger partial charge in [0.15, 0.2) is 0 Å². The molecule has 0 fully saturated rings.